The summed E-state index contributed by atoms with van der Waals surface area (Å²) in [6, 6.07) is 0. The van der Waals surface area contributed by atoms with Crippen LogP contribution in [0.15, 0.2) is 29.5 Å². The molecular weight excluding hydrogens is 230 g/mol. The summed E-state index contributed by atoms with van der Waals surface area (Å²) in [4.78, 5) is 5.97. The highest BCUT2D eigenvalue weighted by atomic mass is 79.9. The molecule has 0 unspecified atom stereocenters. The van der Waals surface area contributed by atoms with Crippen molar-refractivity contribution in [2.45, 2.75) is 0 Å². The minimum atomic E-state index is 0.665. The van der Waals surface area contributed by atoms with Gasteiger partial charge in [0.2, 0.25) is 0 Å². The van der Waals surface area contributed by atoms with E-state index in [-0.39, 0.29) is 0 Å². The van der Waals surface area contributed by atoms with Gasteiger partial charge in [-0.3, -0.25) is 4.98 Å². The second-order valence-electron chi connectivity index (χ2n) is 2.73. The molecule has 0 aliphatic rings. The van der Waals surface area contributed by atoms with E-state index in [1.165, 1.54) is 0 Å². The Morgan fingerprint density at radius 3 is 2.92 bits per heavy atom. The lowest BCUT2D eigenvalue weighted by Crippen LogP contribution is -2.18. The molecule has 4 heteroatoms. The molecule has 0 fully saturated rings. The Morgan fingerprint density at radius 1 is 1.69 bits per heavy atom. The van der Waals surface area contributed by atoms with E-state index in [2.05, 4.69) is 27.5 Å². The van der Waals surface area contributed by atoms with Crippen LogP contribution >= 0.6 is 15.9 Å². The van der Waals surface area contributed by atoms with Gasteiger partial charge in [-0.25, -0.2) is 0 Å². The lowest BCUT2D eigenvalue weighted by Gasteiger charge is -2.20. The average Bonchev–Trinajstić information content (AvgIpc) is 2.04. The number of nitrogen functional groups attached to an aromatic ring is 1. The lowest BCUT2D eigenvalue weighted by atomic mass is 10.3. The highest BCUT2D eigenvalue weighted by molar-refractivity contribution is 9.10. The fourth-order valence-corrected chi connectivity index (χ4v) is 1.78. The standard InChI is InChI=1S/C9H12BrN3/c1-3-4-13(2)9-7(10)5-12-6-8(9)11/h3,5-6H,1,4,11H2,2H3. The number of anilines is 2. The Bertz CT molecular complexity index is 291. The van der Waals surface area contributed by atoms with Crippen LogP contribution < -0.4 is 10.6 Å². The smallest absolute Gasteiger partial charge is 0.0776 e. The molecule has 0 radical (unpaired) electrons. The average molecular weight is 242 g/mol. The van der Waals surface area contributed by atoms with Gasteiger partial charge in [-0.2, -0.15) is 0 Å². The van der Waals surface area contributed by atoms with Crippen molar-refractivity contribution in [2.75, 3.05) is 24.2 Å². The maximum Gasteiger partial charge on any atom is 0.0776 e. The van der Waals surface area contributed by atoms with Crippen molar-refractivity contribution in [3.8, 4) is 0 Å². The summed E-state index contributed by atoms with van der Waals surface area (Å²) in [5.41, 5.74) is 7.40. The Labute approximate surface area is 86.4 Å². The van der Waals surface area contributed by atoms with E-state index in [0.717, 1.165) is 16.7 Å². The number of likely N-dealkylation sites (N-methyl/N-ethyl adjacent to an activating group) is 1. The minimum Gasteiger partial charge on any atom is -0.396 e. The number of aromatic nitrogens is 1. The third-order valence-corrected chi connectivity index (χ3v) is 2.27. The van der Waals surface area contributed by atoms with Crippen molar-refractivity contribution in [3.63, 3.8) is 0 Å². The molecule has 0 aliphatic carbocycles. The molecule has 3 nitrogen and oxygen atoms in total. The zero-order chi connectivity index (χ0) is 9.84. The first-order valence-corrected chi connectivity index (χ1v) is 4.67. The van der Waals surface area contributed by atoms with Crippen LogP contribution in [0.25, 0.3) is 0 Å². The minimum absolute atomic E-state index is 0.665. The van der Waals surface area contributed by atoms with E-state index in [9.17, 15) is 0 Å². The van der Waals surface area contributed by atoms with Gasteiger partial charge in [0.15, 0.2) is 0 Å². The van der Waals surface area contributed by atoms with Gasteiger partial charge in [0, 0.05) is 19.8 Å². The van der Waals surface area contributed by atoms with E-state index >= 15 is 0 Å². The molecule has 0 saturated carbocycles. The first-order valence-electron chi connectivity index (χ1n) is 3.87. The number of nitrogens with two attached hydrogens (primary N) is 1. The van der Waals surface area contributed by atoms with Crippen LogP contribution in [0.2, 0.25) is 0 Å². The number of hydrogen-bond donors (Lipinski definition) is 1. The summed E-state index contributed by atoms with van der Waals surface area (Å²) in [5.74, 6) is 0. The second kappa shape index (κ2) is 4.28. The van der Waals surface area contributed by atoms with Crippen LogP contribution in [-0.4, -0.2) is 18.6 Å². The number of pyridine rings is 1. The summed E-state index contributed by atoms with van der Waals surface area (Å²) < 4.78 is 0.900. The summed E-state index contributed by atoms with van der Waals surface area (Å²) >= 11 is 3.40. The summed E-state index contributed by atoms with van der Waals surface area (Å²) in [7, 11) is 1.96. The fraction of sp³-hybridized carbons (Fsp3) is 0.222. The topological polar surface area (TPSA) is 42.1 Å². The monoisotopic (exact) mass is 241 g/mol. The molecule has 70 valence electrons. The van der Waals surface area contributed by atoms with Gasteiger partial charge >= 0.3 is 0 Å². The Kier molecular flexibility index (Phi) is 3.31. The van der Waals surface area contributed by atoms with Crippen molar-refractivity contribution in [2.24, 2.45) is 0 Å². The molecule has 13 heavy (non-hydrogen) atoms. The van der Waals surface area contributed by atoms with Gasteiger partial charge in [-0.1, -0.05) is 6.08 Å². The SMILES string of the molecule is C=CCN(C)c1c(N)cncc1Br. The first-order chi connectivity index (χ1) is 6.16. The van der Waals surface area contributed by atoms with Gasteiger partial charge in [0.25, 0.3) is 0 Å². The van der Waals surface area contributed by atoms with Crippen LogP contribution in [0.4, 0.5) is 11.4 Å². The van der Waals surface area contributed by atoms with Gasteiger partial charge in [-0.05, 0) is 15.9 Å². The molecule has 1 heterocycles. The lowest BCUT2D eigenvalue weighted by molar-refractivity contribution is 1.02. The fourth-order valence-electron chi connectivity index (χ4n) is 1.13. The van der Waals surface area contributed by atoms with Crippen LogP contribution in [0.1, 0.15) is 0 Å². The van der Waals surface area contributed by atoms with Gasteiger partial charge in [0.1, 0.15) is 0 Å². The Morgan fingerprint density at radius 2 is 2.38 bits per heavy atom. The maximum atomic E-state index is 5.78. The predicted octanol–water partition coefficient (Wildman–Crippen LogP) is 2.05. The van der Waals surface area contributed by atoms with Crippen LogP contribution in [0.5, 0.6) is 0 Å². The Hall–Kier alpha value is -1.03. The molecule has 0 atom stereocenters. The predicted molar refractivity (Wildman–Crippen MR) is 59.8 cm³/mol. The summed E-state index contributed by atoms with van der Waals surface area (Å²) in [6.45, 7) is 4.43. The van der Waals surface area contributed by atoms with Crippen molar-refractivity contribution in [3.05, 3.63) is 29.5 Å². The van der Waals surface area contributed by atoms with E-state index in [1.54, 1.807) is 12.4 Å². The quantitative estimate of drug-likeness (QED) is 0.825. The molecule has 0 spiro atoms. The zero-order valence-electron chi connectivity index (χ0n) is 7.50. The van der Waals surface area contributed by atoms with Crippen molar-refractivity contribution >= 4 is 27.3 Å². The first kappa shape index (κ1) is 10.1. The normalized spacial score (nSPS) is 9.69. The van der Waals surface area contributed by atoms with E-state index < -0.39 is 0 Å². The van der Waals surface area contributed by atoms with E-state index in [4.69, 9.17) is 5.73 Å². The molecule has 1 aromatic rings. The molecule has 0 bridgehead atoms. The number of nitrogens with zero attached hydrogens (tertiary/aromatic N) is 2. The van der Waals surface area contributed by atoms with Crippen molar-refractivity contribution < 1.29 is 0 Å². The highest BCUT2D eigenvalue weighted by Crippen LogP contribution is 2.29. The largest absolute Gasteiger partial charge is 0.396 e. The third-order valence-electron chi connectivity index (χ3n) is 1.69. The van der Waals surface area contributed by atoms with Crippen molar-refractivity contribution in [1.82, 2.24) is 4.98 Å². The molecule has 0 saturated heterocycles. The maximum absolute atomic E-state index is 5.78. The van der Waals surface area contributed by atoms with Crippen LogP contribution in [0.3, 0.4) is 0 Å². The van der Waals surface area contributed by atoms with Gasteiger partial charge in [-0.15, -0.1) is 6.58 Å². The van der Waals surface area contributed by atoms with Gasteiger partial charge < -0.3 is 10.6 Å². The number of hydrogen-bond acceptors (Lipinski definition) is 3. The van der Waals surface area contributed by atoms with Gasteiger partial charge in [0.05, 0.1) is 22.0 Å². The van der Waals surface area contributed by atoms with E-state index in [1.807, 2.05) is 18.0 Å². The summed E-state index contributed by atoms with van der Waals surface area (Å²) in [6.07, 6.45) is 5.19. The summed E-state index contributed by atoms with van der Waals surface area (Å²) in [5, 5.41) is 0. The number of rotatable bonds is 3. The molecule has 0 aromatic carbocycles. The van der Waals surface area contributed by atoms with Crippen LogP contribution in [-0.2, 0) is 0 Å². The molecular formula is C9H12BrN3. The highest BCUT2D eigenvalue weighted by Gasteiger charge is 2.07. The molecule has 1 rings (SSSR count). The zero-order valence-corrected chi connectivity index (χ0v) is 9.08. The third kappa shape index (κ3) is 2.21. The molecule has 1 aromatic heterocycles. The van der Waals surface area contributed by atoms with Crippen molar-refractivity contribution in [1.29, 1.82) is 0 Å². The molecule has 2 N–H and O–H groups in total. The number of halogens is 1. The second-order valence-corrected chi connectivity index (χ2v) is 3.58. The molecule has 0 aliphatic heterocycles. The Balaban J connectivity index is 3.04. The molecule has 0 amide bonds. The van der Waals surface area contributed by atoms with E-state index in [0.29, 0.717) is 5.69 Å². The van der Waals surface area contributed by atoms with Crippen LogP contribution in [0, 0.1) is 0 Å².